The van der Waals surface area contributed by atoms with Crippen molar-refractivity contribution >= 4 is 0 Å². The van der Waals surface area contributed by atoms with Crippen LogP contribution in [0.5, 0.6) is 5.88 Å². The molecule has 2 aromatic rings. The van der Waals surface area contributed by atoms with Crippen LogP contribution in [0.4, 0.5) is 0 Å². The molecule has 0 fully saturated rings. The molecule has 0 saturated heterocycles. The lowest BCUT2D eigenvalue weighted by Gasteiger charge is -2.12. The molecule has 0 bridgehead atoms. The van der Waals surface area contributed by atoms with Crippen molar-refractivity contribution in [2.24, 2.45) is 0 Å². The van der Waals surface area contributed by atoms with Gasteiger partial charge in [0, 0.05) is 0 Å². The molecule has 5 heteroatoms. The monoisotopic (exact) mass is 272 g/mol. The van der Waals surface area contributed by atoms with E-state index in [0.29, 0.717) is 11.1 Å². The Morgan fingerprint density at radius 3 is 2.60 bits per heavy atom. The average Bonchev–Trinajstić information content (AvgIpc) is 2.36. The highest BCUT2D eigenvalue weighted by Gasteiger charge is 2.17. The number of H-pyrrole nitrogens is 1. The van der Waals surface area contributed by atoms with E-state index < -0.39 is 11.2 Å². The van der Waals surface area contributed by atoms with Gasteiger partial charge in [-0.05, 0) is 25.0 Å². The van der Waals surface area contributed by atoms with Gasteiger partial charge in [0.15, 0.2) is 0 Å². The standard InChI is InChI=1S/C15H16N2O3/c1-9(2)8-17-14(19)12(13(18)16-15(17)20)11-7-5-4-6-10(11)3/h4-7,19H,1,8H2,2-3H3,(H,16,18,20). The molecule has 0 amide bonds. The summed E-state index contributed by atoms with van der Waals surface area (Å²) in [7, 11) is 0. The van der Waals surface area contributed by atoms with Crippen LogP contribution in [-0.4, -0.2) is 14.7 Å². The highest BCUT2D eigenvalue weighted by atomic mass is 16.3. The molecule has 0 radical (unpaired) electrons. The molecule has 0 unspecified atom stereocenters. The maximum atomic E-state index is 12.0. The second-order valence-corrected chi connectivity index (χ2v) is 4.82. The van der Waals surface area contributed by atoms with Crippen LogP contribution in [0.15, 0.2) is 46.0 Å². The van der Waals surface area contributed by atoms with Gasteiger partial charge in [0.1, 0.15) is 5.56 Å². The Hall–Kier alpha value is -2.56. The first-order chi connectivity index (χ1) is 9.41. The molecule has 5 nitrogen and oxygen atoms in total. The summed E-state index contributed by atoms with van der Waals surface area (Å²) < 4.78 is 1.10. The molecule has 0 aliphatic carbocycles. The van der Waals surface area contributed by atoms with E-state index in [1.807, 2.05) is 19.1 Å². The molecule has 1 aromatic carbocycles. The van der Waals surface area contributed by atoms with E-state index in [1.165, 1.54) is 0 Å². The first kappa shape index (κ1) is 13.9. The zero-order valence-electron chi connectivity index (χ0n) is 11.4. The van der Waals surface area contributed by atoms with Gasteiger partial charge in [-0.15, -0.1) is 0 Å². The second kappa shape index (κ2) is 5.21. The Labute approximate surface area is 115 Å². The van der Waals surface area contributed by atoms with Crippen molar-refractivity contribution in [2.45, 2.75) is 20.4 Å². The van der Waals surface area contributed by atoms with Crippen molar-refractivity contribution in [3.05, 3.63) is 62.8 Å². The Morgan fingerprint density at radius 2 is 2.00 bits per heavy atom. The highest BCUT2D eigenvalue weighted by Crippen LogP contribution is 2.26. The lowest BCUT2D eigenvalue weighted by atomic mass is 10.0. The molecular formula is C15H16N2O3. The fourth-order valence-electron chi connectivity index (χ4n) is 2.07. The highest BCUT2D eigenvalue weighted by molar-refractivity contribution is 5.70. The first-order valence-corrected chi connectivity index (χ1v) is 6.18. The van der Waals surface area contributed by atoms with E-state index in [4.69, 9.17) is 0 Å². The van der Waals surface area contributed by atoms with Crippen LogP contribution in [0, 0.1) is 6.92 Å². The molecule has 1 aromatic heterocycles. The van der Waals surface area contributed by atoms with Crippen molar-refractivity contribution in [3.63, 3.8) is 0 Å². The lowest BCUT2D eigenvalue weighted by molar-refractivity contribution is 0.411. The molecular weight excluding hydrogens is 256 g/mol. The number of benzene rings is 1. The number of aryl methyl sites for hydroxylation is 1. The van der Waals surface area contributed by atoms with Crippen molar-refractivity contribution in [3.8, 4) is 17.0 Å². The summed E-state index contributed by atoms with van der Waals surface area (Å²) in [5, 5.41) is 10.3. The van der Waals surface area contributed by atoms with Crippen LogP contribution in [-0.2, 0) is 6.54 Å². The fourth-order valence-corrected chi connectivity index (χ4v) is 2.07. The minimum atomic E-state index is -0.646. The van der Waals surface area contributed by atoms with Crippen molar-refractivity contribution in [2.75, 3.05) is 0 Å². The molecule has 1 heterocycles. The minimum Gasteiger partial charge on any atom is -0.494 e. The number of nitrogens with one attached hydrogen (secondary N) is 1. The van der Waals surface area contributed by atoms with E-state index in [1.54, 1.807) is 19.1 Å². The third-order valence-corrected chi connectivity index (χ3v) is 3.01. The number of hydrogen-bond acceptors (Lipinski definition) is 3. The van der Waals surface area contributed by atoms with Crippen molar-refractivity contribution in [1.82, 2.24) is 9.55 Å². The van der Waals surface area contributed by atoms with Gasteiger partial charge >= 0.3 is 5.69 Å². The van der Waals surface area contributed by atoms with Crippen LogP contribution >= 0.6 is 0 Å². The van der Waals surface area contributed by atoms with Gasteiger partial charge in [0.05, 0.1) is 6.54 Å². The number of rotatable bonds is 3. The molecule has 0 aliphatic heterocycles. The van der Waals surface area contributed by atoms with Gasteiger partial charge in [0.25, 0.3) is 5.56 Å². The summed E-state index contributed by atoms with van der Waals surface area (Å²) in [5.41, 5.74) is 0.997. The quantitative estimate of drug-likeness (QED) is 0.836. The summed E-state index contributed by atoms with van der Waals surface area (Å²) in [6, 6.07) is 7.18. The average molecular weight is 272 g/mol. The number of hydrogen-bond donors (Lipinski definition) is 2. The van der Waals surface area contributed by atoms with E-state index >= 15 is 0 Å². The zero-order chi connectivity index (χ0) is 14.9. The summed E-state index contributed by atoms with van der Waals surface area (Å²) in [6.07, 6.45) is 0. The second-order valence-electron chi connectivity index (χ2n) is 4.82. The summed E-state index contributed by atoms with van der Waals surface area (Å²) in [5.74, 6) is -0.337. The maximum absolute atomic E-state index is 12.0. The number of aromatic amines is 1. The van der Waals surface area contributed by atoms with Gasteiger partial charge in [-0.1, -0.05) is 36.4 Å². The van der Waals surface area contributed by atoms with E-state index in [9.17, 15) is 14.7 Å². The minimum absolute atomic E-state index is 0.101. The summed E-state index contributed by atoms with van der Waals surface area (Å²) in [4.78, 5) is 26.0. The molecule has 2 rings (SSSR count). The third kappa shape index (κ3) is 2.42. The summed E-state index contributed by atoms with van der Waals surface area (Å²) >= 11 is 0. The SMILES string of the molecule is C=C(C)Cn1c(O)c(-c2ccccc2C)c(=O)[nH]c1=O. The predicted octanol–water partition coefficient (Wildman–Crippen LogP) is 1.79. The number of aromatic nitrogens is 2. The van der Waals surface area contributed by atoms with E-state index in [-0.39, 0.29) is 18.0 Å². The number of aromatic hydroxyl groups is 1. The lowest BCUT2D eigenvalue weighted by Crippen LogP contribution is -2.31. The van der Waals surface area contributed by atoms with Gasteiger partial charge in [-0.3, -0.25) is 14.3 Å². The van der Waals surface area contributed by atoms with Crippen LogP contribution in [0.2, 0.25) is 0 Å². The van der Waals surface area contributed by atoms with Crippen molar-refractivity contribution in [1.29, 1.82) is 0 Å². The number of allylic oxidation sites excluding steroid dienone is 1. The van der Waals surface area contributed by atoms with Gasteiger partial charge in [0.2, 0.25) is 5.88 Å². The topological polar surface area (TPSA) is 75.1 Å². The Bertz CT molecular complexity index is 784. The normalized spacial score (nSPS) is 10.5. The smallest absolute Gasteiger partial charge is 0.331 e. The fraction of sp³-hybridized carbons (Fsp3) is 0.200. The van der Waals surface area contributed by atoms with Crippen LogP contribution in [0.1, 0.15) is 12.5 Å². The summed E-state index contributed by atoms with van der Waals surface area (Å²) in [6.45, 7) is 7.44. The maximum Gasteiger partial charge on any atom is 0.331 e. The molecule has 0 aliphatic rings. The molecule has 0 spiro atoms. The van der Waals surface area contributed by atoms with Gasteiger partial charge in [-0.2, -0.15) is 0 Å². The predicted molar refractivity (Wildman–Crippen MR) is 78.0 cm³/mol. The molecule has 20 heavy (non-hydrogen) atoms. The van der Waals surface area contributed by atoms with Gasteiger partial charge in [-0.25, -0.2) is 4.79 Å². The van der Waals surface area contributed by atoms with Crippen LogP contribution in [0.3, 0.4) is 0 Å². The third-order valence-electron chi connectivity index (χ3n) is 3.01. The first-order valence-electron chi connectivity index (χ1n) is 6.18. The molecule has 104 valence electrons. The largest absolute Gasteiger partial charge is 0.494 e. The molecule has 0 saturated carbocycles. The van der Waals surface area contributed by atoms with E-state index in [0.717, 1.165) is 10.1 Å². The zero-order valence-corrected chi connectivity index (χ0v) is 11.4. The number of nitrogens with zero attached hydrogens (tertiary/aromatic N) is 1. The molecule has 0 atom stereocenters. The van der Waals surface area contributed by atoms with Crippen LogP contribution in [0.25, 0.3) is 11.1 Å². The Kier molecular flexibility index (Phi) is 3.61. The van der Waals surface area contributed by atoms with Gasteiger partial charge < -0.3 is 5.11 Å². The van der Waals surface area contributed by atoms with Crippen LogP contribution < -0.4 is 11.2 Å². The Balaban J connectivity index is 2.78. The van der Waals surface area contributed by atoms with Crippen molar-refractivity contribution < 1.29 is 5.11 Å². The van der Waals surface area contributed by atoms with E-state index in [2.05, 4.69) is 11.6 Å². The molecule has 2 N–H and O–H groups in total. The Morgan fingerprint density at radius 1 is 1.35 bits per heavy atom.